The van der Waals surface area contributed by atoms with E-state index < -0.39 is 0 Å². The molecule has 5 aromatic rings. The fourth-order valence-corrected chi connectivity index (χ4v) is 3.38. The Kier molecular flexibility index (Phi) is 4.94. The van der Waals surface area contributed by atoms with Gasteiger partial charge in [0.1, 0.15) is 11.3 Å². The standard InChI is InChI=1S/C23H13Cl2N3O3/c24-16-3-1-14(11-17(16)25)19-5-6-21(30-19)22(29)27-15-2-4-20-18(12-15)28-23(31-20)13-7-9-26-10-8-13/h1-12H,(H,27,29). The van der Waals surface area contributed by atoms with E-state index in [1.54, 1.807) is 60.9 Å². The summed E-state index contributed by atoms with van der Waals surface area (Å²) in [7, 11) is 0. The largest absolute Gasteiger partial charge is 0.451 e. The number of anilines is 1. The second kappa shape index (κ2) is 7.91. The van der Waals surface area contributed by atoms with E-state index in [0.717, 1.165) is 11.1 Å². The van der Waals surface area contributed by atoms with Gasteiger partial charge in [-0.1, -0.05) is 23.2 Å². The molecule has 3 aromatic heterocycles. The second-order valence-corrected chi connectivity index (χ2v) is 7.50. The maximum atomic E-state index is 12.6. The molecule has 1 N–H and O–H groups in total. The summed E-state index contributed by atoms with van der Waals surface area (Å²) < 4.78 is 11.5. The topological polar surface area (TPSA) is 81.2 Å². The van der Waals surface area contributed by atoms with E-state index >= 15 is 0 Å². The predicted molar refractivity (Wildman–Crippen MR) is 119 cm³/mol. The number of aromatic nitrogens is 2. The van der Waals surface area contributed by atoms with Gasteiger partial charge >= 0.3 is 0 Å². The van der Waals surface area contributed by atoms with E-state index in [4.69, 9.17) is 32.0 Å². The van der Waals surface area contributed by atoms with Crippen LogP contribution in [0.15, 0.2) is 81.9 Å². The molecule has 0 bridgehead atoms. The van der Waals surface area contributed by atoms with Gasteiger partial charge in [-0.05, 0) is 60.7 Å². The number of nitrogens with one attached hydrogen (secondary N) is 1. The Morgan fingerprint density at radius 2 is 1.68 bits per heavy atom. The van der Waals surface area contributed by atoms with Crippen LogP contribution in [-0.2, 0) is 0 Å². The minimum Gasteiger partial charge on any atom is -0.451 e. The minimum atomic E-state index is -0.386. The van der Waals surface area contributed by atoms with Crippen molar-refractivity contribution in [2.75, 3.05) is 5.32 Å². The molecule has 5 rings (SSSR count). The Hall–Kier alpha value is -3.61. The third kappa shape index (κ3) is 3.91. The van der Waals surface area contributed by atoms with E-state index in [1.165, 1.54) is 0 Å². The molecule has 0 saturated carbocycles. The molecule has 0 aliphatic rings. The van der Waals surface area contributed by atoms with Crippen LogP contribution in [0.5, 0.6) is 0 Å². The van der Waals surface area contributed by atoms with Gasteiger partial charge < -0.3 is 14.2 Å². The van der Waals surface area contributed by atoms with Gasteiger partial charge in [-0.3, -0.25) is 9.78 Å². The third-order valence-electron chi connectivity index (χ3n) is 4.61. The van der Waals surface area contributed by atoms with E-state index in [1.807, 2.05) is 12.1 Å². The summed E-state index contributed by atoms with van der Waals surface area (Å²) in [4.78, 5) is 21.1. The first kappa shape index (κ1) is 19.4. The zero-order valence-corrected chi connectivity index (χ0v) is 17.3. The van der Waals surface area contributed by atoms with Crippen LogP contribution in [0.25, 0.3) is 33.9 Å². The molecule has 0 fully saturated rings. The normalized spacial score (nSPS) is 11.0. The molecule has 0 atom stereocenters. The van der Waals surface area contributed by atoms with Crippen LogP contribution >= 0.6 is 23.2 Å². The van der Waals surface area contributed by atoms with Gasteiger partial charge in [0.15, 0.2) is 11.3 Å². The number of hydrogen-bond donors (Lipinski definition) is 1. The van der Waals surface area contributed by atoms with Crippen molar-refractivity contribution < 1.29 is 13.6 Å². The number of fused-ring (bicyclic) bond motifs is 1. The predicted octanol–water partition coefficient (Wildman–Crippen LogP) is 6.71. The Labute approximate surface area is 186 Å². The fourth-order valence-electron chi connectivity index (χ4n) is 3.08. The number of pyridine rings is 1. The Balaban J connectivity index is 1.36. The molecule has 0 unspecified atom stereocenters. The number of amides is 1. The quantitative estimate of drug-likeness (QED) is 0.329. The van der Waals surface area contributed by atoms with Gasteiger partial charge in [-0.15, -0.1) is 0 Å². The molecule has 0 radical (unpaired) electrons. The van der Waals surface area contributed by atoms with E-state index in [0.29, 0.717) is 38.5 Å². The lowest BCUT2D eigenvalue weighted by Gasteiger charge is -2.03. The average Bonchev–Trinajstić information content (AvgIpc) is 3.43. The van der Waals surface area contributed by atoms with E-state index in [9.17, 15) is 4.79 Å². The molecular formula is C23H13Cl2N3O3. The van der Waals surface area contributed by atoms with Crippen molar-refractivity contribution >= 4 is 45.9 Å². The lowest BCUT2D eigenvalue weighted by Crippen LogP contribution is -2.10. The first-order valence-corrected chi connectivity index (χ1v) is 10.00. The lowest BCUT2D eigenvalue weighted by atomic mass is 10.2. The maximum absolute atomic E-state index is 12.6. The third-order valence-corrected chi connectivity index (χ3v) is 5.35. The number of halogens is 2. The van der Waals surface area contributed by atoms with Crippen molar-refractivity contribution in [2.24, 2.45) is 0 Å². The molecule has 1 amide bonds. The number of carbonyl (C=O) groups excluding carboxylic acids is 1. The van der Waals surface area contributed by atoms with Crippen LogP contribution < -0.4 is 5.32 Å². The van der Waals surface area contributed by atoms with Gasteiger partial charge in [0.2, 0.25) is 5.89 Å². The highest BCUT2D eigenvalue weighted by Gasteiger charge is 2.15. The number of hydrogen-bond acceptors (Lipinski definition) is 5. The zero-order valence-electron chi connectivity index (χ0n) is 15.8. The molecule has 2 aromatic carbocycles. The minimum absolute atomic E-state index is 0.166. The smallest absolute Gasteiger partial charge is 0.291 e. The number of benzene rings is 2. The molecule has 8 heteroatoms. The molecule has 0 aliphatic carbocycles. The Bertz CT molecular complexity index is 1410. The Morgan fingerprint density at radius 1 is 0.839 bits per heavy atom. The van der Waals surface area contributed by atoms with Gasteiger partial charge in [0, 0.05) is 29.2 Å². The SMILES string of the molecule is O=C(Nc1ccc2oc(-c3ccncc3)nc2c1)c1ccc(-c2ccc(Cl)c(Cl)c2)o1. The molecule has 0 aliphatic heterocycles. The van der Waals surface area contributed by atoms with Crippen molar-refractivity contribution in [1.29, 1.82) is 0 Å². The van der Waals surface area contributed by atoms with Crippen LogP contribution in [0.2, 0.25) is 10.0 Å². The highest BCUT2D eigenvalue weighted by atomic mass is 35.5. The number of carbonyl (C=O) groups is 1. The van der Waals surface area contributed by atoms with Crippen LogP contribution in [0.1, 0.15) is 10.6 Å². The van der Waals surface area contributed by atoms with E-state index in [-0.39, 0.29) is 11.7 Å². The van der Waals surface area contributed by atoms with Crippen molar-refractivity contribution in [1.82, 2.24) is 9.97 Å². The van der Waals surface area contributed by atoms with Crippen LogP contribution in [-0.4, -0.2) is 15.9 Å². The number of nitrogens with zero attached hydrogens (tertiary/aromatic N) is 2. The molecule has 6 nitrogen and oxygen atoms in total. The van der Waals surface area contributed by atoms with Gasteiger partial charge in [-0.2, -0.15) is 0 Å². The van der Waals surface area contributed by atoms with Gasteiger partial charge in [-0.25, -0.2) is 4.98 Å². The highest BCUT2D eigenvalue weighted by Crippen LogP contribution is 2.30. The van der Waals surface area contributed by atoms with Gasteiger partial charge in [0.25, 0.3) is 5.91 Å². The number of furan rings is 1. The van der Waals surface area contributed by atoms with Crippen LogP contribution in [0.4, 0.5) is 5.69 Å². The van der Waals surface area contributed by atoms with Crippen molar-refractivity contribution in [3.05, 3.63) is 88.9 Å². The zero-order chi connectivity index (χ0) is 21.4. The average molecular weight is 450 g/mol. The molecule has 0 saturated heterocycles. The number of oxazole rings is 1. The second-order valence-electron chi connectivity index (χ2n) is 6.68. The van der Waals surface area contributed by atoms with Gasteiger partial charge in [0.05, 0.1) is 10.0 Å². The van der Waals surface area contributed by atoms with E-state index in [2.05, 4.69) is 15.3 Å². The fraction of sp³-hybridized carbons (Fsp3) is 0. The summed E-state index contributed by atoms with van der Waals surface area (Å²) in [5.41, 5.74) is 3.35. The summed E-state index contributed by atoms with van der Waals surface area (Å²) in [6.45, 7) is 0. The van der Waals surface area contributed by atoms with Crippen LogP contribution in [0, 0.1) is 0 Å². The molecule has 31 heavy (non-hydrogen) atoms. The Morgan fingerprint density at radius 3 is 2.48 bits per heavy atom. The lowest BCUT2D eigenvalue weighted by molar-refractivity contribution is 0.0997. The molecule has 152 valence electrons. The molecule has 0 spiro atoms. The first-order chi connectivity index (χ1) is 15.1. The summed E-state index contributed by atoms with van der Waals surface area (Å²) in [5, 5.41) is 3.67. The summed E-state index contributed by atoms with van der Waals surface area (Å²) in [6.07, 6.45) is 3.34. The highest BCUT2D eigenvalue weighted by molar-refractivity contribution is 6.42. The summed E-state index contributed by atoms with van der Waals surface area (Å²) in [6, 6.07) is 17.3. The summed E-state index contributed by atoms with van der Waals surface area (Å²) >= 11 is 12.0. The number of rotatable bonds is 4. The van der Waals surface area contributed by atoms with Crippen molar-refractivity contribution in [3.63, 3.8) is 0 Å². The molecule has 3 heterocycles. The van der Waals surface area contributed by atoms with Crippen molar-refractivity contribution in [2.45, 2.75) is 0 Å². The monoisotopic (exact) mass is 449 g/mol. The first-order valence-electron chi connectivity index (χ1n) is 9.24. The van der Waals surface area contributed by atoms with Crippen molar-refractivity contribution in [3.8, 4) is 22.8 Å². The maximum Gasteiger partial charge on any atom is 0.291 e. The molecular weight excluding hydrogens is 437 g/mol. The summed E-state index contributed by atoms with van der Waals surface area (Å²) in [5.74, 6) is 0.776. The van der Waals surface area contributed by atoms with Crippen LogP contribution in [0.3, 0.4) is 0 Å².